The summed E-state index contributed by atoms with van der Waals surface area (Å²) >= 11 is 0. The van der Waals surface area contributed by atoms with Crippen LogP contribution in [0.3, 0.4) is 0 Å². The molecule has 2 aliphatic heterocycles. The van der Waals surface area contributed by atoms with Gasteiger partial charge in [-0.2, -0.15) is 0 Å². The third-order valence-corrected chi connectivity index (χ3v) is 19.2. The lowest BCUT2D eigenvalue weighted by Crippen LogP contribution is -2.75. The molecule has 326 valence electrons. The number of nitrogens with zero attached hydrogens (tertiary/aromatic N) is 2. The summed E-state index contributed by atoms with van der Waals surface area (Å²) in [5, 5.41) is 5.49. The Bertz CT molecular complexity index is 3170. The van der Waals surface area contributed by atoms with Gasteiger partial charge in [0, 0.05) is 34.1 Å². The lowest BCUT2D eigenvalue weighted by molar-refractivity contribution is 0.590. The minimum absolute atomic E-state index is 0.0324. The molecule has 0 saturated heterocycles. The van der Waals surface area contributed by atoms with Gasteiger partial charge in [-0.15, -0.1) is 0 Å². The maximum absolute atomic E-state index is 2.90. The van der Waals surface area contributed by atoms with Crippen LogP contribution in [0.25, 0.3) is 11.1 Å². The number of aryl methyl sites for hydroxylation is 1. The molecule has 0 unspecified atom stereocenters. The highest BCUT2D eigenvalue weighted by Crippen LogP contribution is 2.47. The molecule has 9 aromatic carbocycles. The molecule has 0 bridgehead atoms. The monoisotopic (exact) mass is 880 g/mol. The van der Waals surface area contributed by atoms with E-state index in [-0.39, 0.29) is 17.5 Å². The first-order valence-electron chi connectivity index (χ1n) is 23.9. The molecule has 0 radical (unpaired) electrons. The van der Waals surface area contributed by atoms with Gasteiger partial charge in [-0.25, -0.2) is 0 Å². The topological polar surface area (TPSA) is 6.48 Å². The number of hydrogen-bond donors (Lipinski definition) is 0. The Morgan fingerprint density at radius 3 is 1.37 bits per heavy atom. The van der Waals surface area contributed by atoms with E-state index in [1.165, 1.54) is 93.4 Å². The van der Waals surface area contributed by atoms with Crippen LogP contribution in [0.4, 0.5) is 34.1 Å². The largest absolute Gasteiger partial charge is 0.311 e. The molecule has 9 aromatic rings. The Hall–Kier alpha value is -7.14. The van der Waals surface area contributed by atoms with Gasteiger partial charge in [-0.05, 0) is 125 Å². The van der Waals surface area contributed by atoms with Crippen molar-refractivity contribution in [2.75, 3.05) is 9.80 Å². The minimum Gasteiger partial charge on any atom is -0.311 e. The van der Waals surface area contributed by atoms with Crippen LogP contribution in [0.5, 0.6) is 0 Å². The number of fused-ring (bicyclic) bond motifs is 4. The molecule has 0 aromatic heterocycles. The van der Waals surface area contributed by atoms with Crippen molar-refractivity contribution in [1.29, 1.82) is 0 Å². The molecule has 0 N–H and O–H groups in total. The number of anilines is 6. The van der Waals surface area contributed by atoms with Crippen molar-refractivity contribution in [2.24, 2.45) is 0 Å². The maximum atomic E-state index is 2.64. The molecule has 0 saturated carbocycles. The van der Waals surface area contributed by atoms with Gasteiger partial charge in [-0.1, -0.05) is 217 Å². The van der Waals surface area contributed by atoms with Gasteiger partial charge < -0.3 is 9.80 Å². The number of rotatable bonds is 7. The van der Waals surface area contributed by atoms with E-state index in [9.17, 15) is 0 Å². The van der Waals surface area contributed by atoms with E-state index in [0.29, 0.717) is 0 Å². The van der Waals surface area contributed by atoms with Crippen LogP contribution in [0, 0.1) is 6.92 Å². The lowest BCUT2D eigenvalue weighted by atomic mass is 9.33. The molecule has 0 amide bonds. The summed E-state index contributed by atoms with van der Waals surface area (Å²) < 4.78 is 0. The highest BCUT2D eigenvalue weighted by Gasteiger charge is 2.47. The average molecular weight is 881 g/mol. The predicted octanol–water partition coefficient (Wildman–Crippen LogP) is 11.7. The Morgan fingerprint density at radius 2 is 0.821 bits per heavy atom. The van der Waals surface area contributed by atoms with Gasteiger partial charge >= 0.3 is 0 Å². The fraction of sp³-hybridized carbons (Fsp3) is 0.143. The molecule has 0 fully saturated rings. The van der Waals surface area contributed by atoms with E-state index >= 15 is 0 Å². The number of benzene rings is 9. The molecular formula is C63H57BN2Si. The lowest BCUT2D eigenvalue weighted by Gasteiger charge is -2.45. The fourth-order valence-electron chi connectivity index (χ4n) is 11.0. The van der Waals surface area contributed by atoms with Crippen molar-refractivity contribution in [3.05, 3.63) is 235 Å². The smallest absolute Gasteiger partial charge is 0.252 e. The van der Waals surface area contributed by atoms with E-state index in [0.717, 1.165) is 5.69 Å². The summed E-state index contributed by atoms with van der Waals surface area (Å²) in [4.78, 5) is 5.16. The van der Waals surface area contributed by atoms with Crippen LogP contribution in [0.2, 0.25) is 0 Å². The quantitative estimate of drug-likeness (QED) is 0.116. The predicted molar refractivity (Wildman–Crippen MR) is 292 cm³/mol. The number of para-hydroxylation sites is 1. The van der Waals surface area contributed by atoms with Crippen LogP contribution < -0.4 is 46.9 Å². The zero-order valence-electron chi connectivity index (χ0n) is 39.8. The third kappa shape index (κ3) is 7.09. The summed E-state index contributed by atoms with van der Waals surface area (Å²) in [6.45, 7) is 16.1. The van der Waals surface area contributed by atoms with Crippen molar-refractivity contribution in [2.45, 2.75) is 59.3 Å². The van der Waals surface area contributed by atoms with Crippen molar-refractivity contribution in [3.8, 4) is 11.1 Å². The van der Waals surface area contributed by atoms with Gasteiger partial charge in [0.15, 0.2) is 8.07 Å². The van der Waals surface area contributed by atoms with E-state index < -0.39 is 8.07 Å². The first kappa shape index (κ1) is 42.5. The Balaban J connectivity index is 1.29. The van der Waals surface area contributed by atoms with Gasteiger partial charge in [0.2, 0.25) is 0 Å². The first-order chi connectivity index (χ1) is 32.4. The molecule has 11 rings (SSSR count). The second-order valence-corrected chi connectivity index (χ2v) is 24.4. The van der Waals surface area contributed by atoms with Crippen molar-refractivity contribution >= 4 is 86.0 Å². The summed E-state index contributed by atoms with van der Waals surface area (Å²) in [7, 11) is -2.90. The van der Waals surface area contributed by atoms with Crippen LogP contribution in [0.15, 0.2) is 218 Å². The molecule has 4 heteroatoms. The first-order valence-corrected chi connectivity index (χ1v) is 25.9. The van der Waals surface area contributed by atoms with Crippen LogP contribution in [-0.4, -0.2) is 14.8 Å². The van der Waals surface area contributed by atoms with Gasteiger partial charge in [0.1, 0.15) is 0 Å². The molecule has 67 heavy (non-hydrogen) atoms. The minimum atomic E-state index is -2.90. The molecule has 0 aliphatic carbocycles. The SMILES string of the molecule is Cc1ccccc1N1c2ccc([Si](c3ccccc3)(c3ccccc3)c3ccccc3)cc2B2c3cc(C(C)(C)C)ccc3N(c3ccc(C(C)(C)C)cc3)c3cc(-c4ccccc4)cc1c32. The summed E-state index contributed by atoms with van der Waals surface area (Å²) in [5.74, 6) is 0. The van der Waals surface area contributed by atoms with Crippen molar-refractivity contribution in [1.82, 2.24) is 0 Å². The third-order valence-electron chi connectivity index (χ3n) is 14.4. The van der Waals surface area contributed by atoms with Crippen molar-refractivity contribution in [3.63, 3.8) is 0 Å². The fourth-order valence-corrected chi connectivity index (χ4v) is 15.8. The Morgan fingerprint density at radius 1 is 0.358 bits per heavy atom. The summed E-state index contributed by atoms with van der Waals surface area (Å²) in [5.41, 5.74) is 17.5. The summed E-state index contributed by atoms with van der Waals surface area (Å²) in [6.07, 6.45) is 0. The van der Waals surface area contributed by atoms with Gasteiger partial charge in [0.05, 0.1) is 0 Å². The molecule has 2 heterocycles. The van der Waals surface area contributed by atoms with E-state index in [1.54, 1.807) is 0 Å². The highest BCUT2D eigenvalue weighted by atomic mass is 28.3. The normalized spacial score (nSPS) is 13.2. The Labute approximate surface area is 399 Å². The zero-order chi connectivity index (χ0) is 46.1. The molecular weight excluding hydrogens is 824 g/mol. The zero-order valence-corrected chi connectivity index (χ0v) is 40.8. The molecule has 0 spiro atoms. The van der Waals surface area contributed by atoms with E-state index in [4.69, 9.17) is 0 Å². The van der Waals surface area contributed by atoms with E-state index in [2.05, 4.69) is 277 Å². The van der Waals surface area contributed by atoms with Crippen LogP contribution in [-0.2, 0) is 10.8 Å². The average Bonchev–Trinajstić information content (AvgIpc) is 3.35. The van der Waals surface area contributed by atoms with Crippen LogP contribution in [0.1, 0.15) is 58.2 Å². The molecule has 2 aliphatic rings. The van der Waals surface area contributed by atoms with Crippen molar-refractivity contribution < 1.29 is 0 Å². The summed E-state index contributed by atoms with van der Waals surface area (Å²) in [6, 6.07) is 83.2. The highest BCUT2D eigenvalue weighted by molar-refractivity contribution is 7.20. The second-order valence-electron chi connectivity index (χ2n) is 20.6. The standard InChI is InChI=1S/C63H57BN2Si/c1-44-22-20-21-31-56(44)66-58-39-37-53(67(50-25-14-9-15-26-50,51-27-16-10-17-28-51)52-29-18-11-19-30-52)43-55(58)64-54-42-48(63(5,6)7)34-38-57(54)65(49-35-32-47(33-36-49)62(2,3)4)59-40-46(41-60(66)61(59)64)45-23-12-8-13-24-45/h8-43H,1-7H3. The number of hydrogen-bond acceptors (Lipinski definition) is 2. The Kier molecular flexibility index (Phi) is 10.4. The molecule has 0 atom stereocenters. The molecule has 2 nitrogen and oxygen atoms in total. The van der Waals surface area contributed by atoms with Crippen LogP contribution >= 0.6 is 0 Å². The van der Waals surface area contributed by atoms with E-state index in [1.807, 2.05) is 0 Å². The van der Waals surface area contributed by atoms with Gasteiger partial charge in [0.25, 0.3) is 6.71 Å². The maximum Gasteiger partial charge on any atom is 0.252 e. The second kappa shape index (κ2) is 16.3. The van der Waals surface area contributed by atoms with Gasteiger partial charge in [-0.3, -0.25) is 0 Å².